The van der Waals surface area contributed by atoms with Crippen LogP contribution in [0.5, 0.6) is 0 Å². The highest BCUT2D eigenvalue weighted by atomic mass is 35.5. The quantitative estimate of drug-likeness (QED) is 0.615. The van der Waals surface area contributed by atoms with Gasteiger partial charge in [-0.05, 0) is 39.8 Å². The van der Waals surface area contributed by atoms with Crippen molar-refractivity contribution in [1.29, 1.82) is 0 Å². The first-order chi connectivity index (χ1) is 9.34. The molecule has 0 saturated heterocycles. The minimum Gasteiger partial charge on any atom is -0.378 e. The van der Waals surface area contributed by atoms with Gasteiger partial charge in [-0.15, -0.1) is 0 Å². The SMILES string of the molecule is CC(C)N(CCNc1cccc(Cl)c1[N+](=O)[O-])C(C)C. The largest absolute Gasteiger partial charge is 0.378 e. The number of rotatable bonds is 7. The molecule has 6 heteroatoms. The van der Waals surface area contributed by atoms with E-state index in [0.29, 0.717) is 24.3 Å². The molecule has 0 aliphatic rings. The first kappa shape index (κ1) is 16.7. The Kier molecular flexibility index (Phi) is 6.23. The van der Waals surface area contributed by atoms with Crippen molar-refractivity contribution in [3.63, 3.8) is 0 Å². The van der Waals surface area contributed by atoms with Gasteiger partial charge in [0.1, 0.15) is 10.7 Å². The van der Waals surface area contributed by atoms with E-state index >= 15 is 0 Å². The Morgan fingerprint density at radius 2 is 1.90 bits per heavy atom. The average Bonchev–Trinajstić information content (AvgIpc) is 2.33. The van der Waals surface area contributed by atoms with E-state index in [9.17, 15) is 10.1 Å². The van der Waals surface area contributed by atoms with Crippen molar-refractivity contribution in [2.75, 3.05) is 18.4 Å². The van der Waals surface area contributed by atoms with Crippen LogP contribution >= 0.6 is 11.6 Å². The fourth-order valence-electron chi connectivity index (χ4n) is 2.28. The van der Waals surface area contributed by atoms with Crippen LogP contribution in [0.25, 0.3) is 0 Å². The lowest BCUT2D eigenvalue weighted by atomic mass is 10.2. The van der Waals surface area contributed by atoms with Gasteiger partial charge in [-0.3, -0.25) is 15.0 Å². The molecular formula is C14H22ClN3O2. The fraction of sp³-hybridized carbons (Fsp3) is 0.571. The van der Waals surface area contributed by atoms with Gasteiger partial charge in [-0.25, -0.2) is 0 Å². The number of para-hydroxylation sites is 1. The standard InChI is InChI=1S/C14H22ClN3O2/c1-10(2)17(11(3)4)9-8-16-13-7-5-6-12(15)14(13)18(19)20/h5-7,10-11,16H,8-9H2,1-4H3. The zero-order chi connectivity index (χ0) is 15.3. The van der Waals surface area contributed by atoms with Crippen LogP contribution in [-0.4, -0.2) is 35.0 Å². The van der Waals surface area contributed by atoms with Gasteiger partial charge >= 0.3 is 5.69 Å². The molecule has 0 heterocycles. The van der Waals surface area contributed by atoms with E-state index in [0.717, 1.165) is 6.54 Å². The molecule has 0 atom stereocenters. The lowest BCUT2D eigenvalue weighted by Gasteiger charge is -2.30. The maximum Gasteiger partial charge on any atom is 0.310 e. The van der Waals surface area contributed by atoms with Crippen molar-refractivity contribution >= 4 is 23.0 Å². The van der Waals surface area contributed by atoms with Crippen molar-refractivity contribution < 1.29 is 4.92 Å². The van der Waals surface area contributed by atoms with Gasteiger partial charge in [0.2, 0.25) is 0 Å². The highest BCUT2D eigenvalue weighted by Gasteiger charge is 2.18. The van der Waals surface area contributed by atoms with E-state index in [1.165, 1.54) is 6.07 Å². The number of anilines is 1. The van der Waals surface area contributed by atoms with Crippen LogP contribution in [0.15, 0.2) is 18.2 Å². The van der Waals surface area contributed by atoms with Crippen LogP contribution < -0.4 is 5.32 Å². The summed E-state index contributed by atoms with van der Waals surface area (Å²) in [6.07, 6.45) is 0. The maximum absolute atomic E-state index is 11.0. The molecule has 0 saturated carbocycles. The highest BCUT2D eigenvalue weighted by Crippen LogP contribution is 2.32. The number of nitro benzene ring substituents is 1. The van der Waals surface area contributed by atoms with Gasteiger partial charge in [-0.2, -0.15) is 0 Å². The molecule has 5 nitrogen and oxygen atoms in total. The normalized spacial score (nSPS) is 11.4. The summed E-state index contributed by atoms with van der Waals surface area (Å²) in [7, 11) is 0. The zero-order valence-corrected chi connectivity index (χ0v) is 13.1. The molecule has 0 aromatic heterocycles. The summed E-state index contributed by atoms with van der Waals surface area (Å²) in [5, 5.41) is 14.3. The number of nitrogens with zero attached hydrogens (tertiary/aromatic N) is 2. The smallest absolute Gasteiger partial charge is 0.310 e. The molecule has 1 rings (SSSR count). The van der Waals surface area contributed by atoms with Crippen molar-refractivity contribution in [1.82, 2.24) is 4.90 Å². The first-order valence-corrected chi connectivity index (χ1v) is 7.15. The third kappa shape index (κ3) is 4.35. The molecule has 20 heavy (non-hydrogen) atoms. The van der Waals surface area contributed by atoms with Crippen molar-refractivity contribution in [2.24, 2.45) is 0 Å². The Hall–Kier alpha value is -1.33. The van der Waals surface area contributed by atoms with Crippen LogP contribution in [0.2, 0.25) is 5.02 Å². The van der Waals surface area contributed by atoms with Crippen LogP contribution in [-0.2, 0) is 0 Å². The Morgan fingerprint density at radius 3 is 2.40 bits per heavy atom. The lowest BCUT2D eigenvalue weighted by Crippen LogP contribution is -2.40. The molecule has 0 fully saturated rings. The molecule has 112 valence electrons. The summed E-state index contributed by atoms with van der Waals surface area (Å²) in [6.45, 7) is 10.0. The molecule has 0 amide bonds. The third-order valence-corrected chi connectivity index (χ3v) is 3.49. The topological polar surface area (TPSA) is 58.4 Å². The third-order valence-electron chi connectivity index (χ3n) is 3.18. The second kappa shape index (κ2) is 7.45. The van der Waals surface area contributed by atoms with E-state index in [4.69, 9.17) is 11.6 Å². The summed E-state index contributed by atoms with van der Waals surface area (Å²) in [5.41, 5.74) is 0.407. The van der Waals surface area contributed by atoms with E-state index in [2.05, 4.69) is 37.9 Å². The molecule has 0 unspecified atom stereocenters. The summed E-state index contributed by atoms with van der Waals surface area (Å²) in [5.74, 6) is 0. The molecule has 1 aromatic carbocycles. The van der Waals surface area contributed by atoms with Gasteiger partial charge in [0.15, 0.2) is 0 Å². The second-order valence-electron chi connectivity index (χ2n) is 5.25. The first-order valence-electron chi connectivity index (χ1n) is 6.77. The summed E-state index contributed by atoms with van der Waals surface area (Å²) >= 11 is 5.87. The molecule has 0 aliphatic carbocycles. The molecule has 0 spiro atoms. The molecule has 1 N–H and O–H groups in total. The predicted molar refractivity (Wildman–Crippen MR) is 83.6 cm³/mol. The second-order valence-corrected chi connectivity index (χ2v) is 5.65. The zero-order valence-electron chi connectivity index (χ0n) is 12.4. The van der Waals surface area contributed by atoms with Crippen LogP contribution in [0.4, 0.5) is 11.4 Å². The van der Waals surface area contributed by atoms with Crippen LogP contribution in [0.3, 0.4) is 0 Å². The van der Waals surface area contributed by atoms with Crippen LogP contribution in [0.1, 0.15) is 27.7 Å². The molecule has 1 aromatic rings. The Balaban J connectivity index is 2.71. The monoisotopic (exact) mass is 299 g/mol. The van der Waals surface area contributed by atoms with Crippen molar-refractivity contribution in [3.05, 3.63) is 33.3 Å². The van der Waals surface area contributed by atoms with E-state index in [1.807, 2.05) is 0 Å². The average molecular weight is 300 g/mol. The number of nitro groups is 1. The van der Waals surface area contributed by atoms with E-state index < -0.39 is 4.92 Å². The van der Waals surface area contributed by atoms with Crippen molar-refractivity contribution in [2.45, 2.75) is 39.8 Å². The number of hydrogen-bond donors (Lipinski definition) is 1. The van der Waals surface area contributed by atoms with E-state index in [1.54, 1.807) is 12.1 Å². The number of nitrogens with one attached hydrogen (secondary N) is 1. The number of benzene rings is 1. The van der Waals surface area contributed by atoms with Crippen molar-refractivity contribution in [3.8, 4) is 0 Å². The minimum atomic E-state index is -0.451. The number of hydrogen-bond acceptors (Lipinski definition) is 4. The van der Waals surface area contributed by atoms with Gasteiger partial charge in [0, 0.05) is 25.2 Å². The summed E-state index contributed by atoms with van der Waals surface area (Å²) < 4.78 is 0. The van der Waals surface area contributed by atoms with Gasteiger partial charge in [0.25, 0.3) is 0 Å². The predicted octanol–water partition coefficient (Wildman–Crippen LogP) is 3.78. The molecule has 0 bridgehead atoms. The van der Waals surface area contributed by atoms with Gasteiger partial charge in [0.05, 0.1) is 4.92 Å². The summed E-state index contributed by atoms with van der Waals surface area (Å²) in [6, 6.07) is 5.79. The lowest BCUT2D eigenvalue weighted by molar-refractivity contribution is -0.383. The Labute approximate surface area is 125 Å². The molecule has 0 aliphatic heterocycles. The fourth-order valence-corrected chi connectivity index (χ4v) is 2.52. The molecule has 0 radical (unpaired) electrons. The molecular weight excluding hydrogens is 278 g/mol. The van der Waals surface area contributed by atoms with Gasteiger partial charge < -0.3 is 5.32 Å². The number of halogens is 1. The van der Waals surface area contributed by atoms with E-state index in [-0.39, 0.29) is 10.7 Å². The Bertz CT molecular complexity index is 456. The summed E-state index contributed by atoms with van der Waals surface area (Å²) in [4.78, 5) is 12.9. The highest BCUT2D eigenvalue weighted by molar-refractivity contribution is 6.33. The minimum absolute atomic E-state index is 0.0604. The van der Waals surface area contributed by atoms with Gasteiger partial charge in [-0.1, -0.05) is 17.7 Å². The van der Waals surface area contributed by atoms with Crippen LogP contribution in [0, 0.1) is 10.1 Å². The maximum atomic E-state index is 11.0. The Morgan fingerprint density at radius 1 is 1.30 bits per heavy atom.